The van der Waals surface area contributed by atoms with Crippen molar-refractivity contribution in [3.05, 3.63) is 162 Å². The highest BCUT2D eigenvalue weighted by Crippen LogP contribution is 2.30. The van der Waals surface area contributed by atoms with Crippen LogP contribution in [0.2, 0.25) is 0 Å². The first-order chi connectivity index (χ1) is 26.4. The maximum Gasteiger partial charge on any atom is 0.124 e. The van der Waals surface area contributed by atoms with Crippen LogP contribution in [0.4, 0.5) is 17.1 Å². The van der Waals surface area contributed by atoms with E-state index in [1.807, 2.05) is 91.0 Å². The van der Waals surface area contributed by atoms with Gasteiger partial charge in [-0.25, -0.2) is 0 Å². The van der Waals surface area contributed by atoms with Crippen molar-refractivity contribution in [2.24, 2.45) is 20.4 Å². The molecule has 0 atom stereocenters. The molecule has 0 aromatic heterocycles. The second-order valence-electron chi connectivity index (χ2n) is 12.7. The molecule has 0 saturated heterocycles. The van der Waals surface area contributed by atoms with Crippen molar-refractivity contribution in [2.45, 2.75) is 13.3 Å². The van der Waals surface area contributed by atoms with Gasteiger partial charge in [0.25, 0.3) is 0 Å². The number of aromatic hydroxyl groups is 3. The Kier molecular flexibility index (Phi) is 12.3. The van der Waals surface area contributed by atoms with E-state index in [1.165, 1.54) is 0 Å². The van der Waals surface area contributed by atoms with Crippen molar-refractivity contribution in [1.29, 1.82) is 0 Å². The number of benzene rings is 6. The van der Waals surface area contributed by atoms with Crippen LogP contribution in [0.1, 0.15) is 30.0 Å². The summed E-state index contributed by atoms with van der Waals surface area (Å²) in [4.78, 5) is 13.4. The van der Waals surface area contributed by atoms with Crippen LogP contribution in [-0.2, 0) is 0 Å². The fourth-order valence-corrected chi connectivity index (χ4v) is 5.25. The average Bonchev–Trinajstić information content (AvgIpc) is 3.21. The van der Waals surface area contributed by atoms with Crippen LogP contribution in [0.3, 0.4) is 0 Å². The number of hydrogen-bond donors (Lipinski definition) is 3. The van der Waals surface area contributed by atoms with Gasteiger partial charge in [0.05, 0.1) is 22.5 Å². The van der Waals surface area contributed by atoms with E-state index < -0.39 is 5.41 Å². The summed E-state index contributed by atoms with van der Waals surface area (Å²) in [6.07, 6.45) is 5.58. The maximum atomic E-state index is 10.0. The van der Waals surface area contributed by atoms with Crippen LogP contribution in [-0.4, -0.2) is 53.8 Å². The van der Waals surface area contributed by atoms with E-state index in [9.17, 15) is 15.3 Å². The summed E-state index contributed by atoms with van der Waals surface area (Å²) in [6, 6.07) is 43.5. The Morgan fingerprint density at radius 2 is 0.704 bits per heavy atom. The van der Waals surface area contributed by atoms with Crippen LogP contribution in [0.25, 0.3) is 0 Å². The lowest BCUT2D eigenvalue weighted by Gasteiger charge is -2.32. The number of phenolic OH excluding ortho intramolecular Hbond substituents is 3. The number of hydrogen-bond acceptors (Lipinski definition) is 9. The average molecular weight is 720 g/mol. The molecule has 9 heteroatoms. The molecule has 0 fully saturated rings. The van der Waals surface area contributed by atoms with E-state index in [2.05, 4.69) is 21.9 Å². The molecule has 0 saturated carbocycles. The zero-order valence-electron chi connectivity index (χ0n) is 29.8. The highest BCUT2D eigenvalue weighted by molar-refractivity contribution is 5.86. The second kappa shape index (κ2) is 18.1. The molecular weight excluding hydrogens is 679 g/mol. The third-order valence-electron chi connectivity index (χ3n) is 8.76. The molecule has 6 rings (SSSR count). The lowest BCUT2D eigenvalue weighted by molar-refractivity contribution is 0.0293. The first kappa shape index (κ1) is 36.9. The van der Waals surface area contributed by atoms with E-state index in [-0.39, 0.29) is 17.2 Å². The smallest absolute Gasteiger partial charge is 0.124 e. The molecule has 3 N–H and O–H groups in total. The monoisotopic (exact) mass is 719 g/mol. The Morgan fingerprint density at radius 1 is 0.426 bits per heavy atom. The second-order valence-corrected chi connectivity index (χ2v) is 12.7. The first-order valence-corrected chi connectivity index (χ1v) is 17.5. The predicted molar refractivity (Wildman–Crippen MR) is 215 cm³/mol. The van der Waals surface area contributed by atoms with Crippen LogP contribution in [0.5, 0.6) is 34.5 Å². The lowest BCUT2D eigenvalue weighted by atomic mass is 9.88. The summed E-state index contributed by atoms with van der Waals surface area (Å²) >= 11 is 0. The molecule has 0 bridgehead atoms. The molecule has 6 aromatic rings. The number of para-hydroxylation sites is 3. The Hall–Kier alpha value is -6.87. The van der Waals surface area contributed by atoms with Gasteiger partial charge in [-0.15, -0.1) is 0 Å². The SMILES string of the molecule is CCC(COc1ccc(N=Cc2ccccc2O)cc1)(COc1ccc(N=Cc2ccccc2O)cc1)COc1ccc(N=Cc2ccccc2O)cc1. The molecule has 0 spiro atoms. The van der Waals surface area contributed by atoms with Gasteiger partial charge >= 0.3 is 0 Å². The quantitative estimate of drug-likeness (QED) is 0.0856. The Labute approximate surface area is 314 Å². The largest absolute Gasteiger partial charge is 0.507 e. The van der Waals surface area contributed by atoms with Crippen molar-refractivity contribution in [1.82, 2.24) is 0 Å². The highest BCUT2D eigenvalue weighted by Gasteiger charge is 2.32. The van der Waals surface area contributed by atoms with Crippen molar-refractivity contribution in [3.8, 4) is 34.5 Å². The van der Waals surface area contributed by atoms with Gasteiger partial charge < -0.3 is 29.5 Å². The minimum Gasteiger partial charge on any atom is -0.507 e. The van der Waals surface area contributed by atoms with Crippen molar-refractivity contribution in [3.63, 3.8) is 0 Å². The molecule has 6 aromatic carbocycles. The summed E-state index contributed by atoms with van der Waals surface area (Å²) in [6.45, 7) is 3.03. The summed E-state index contributed by atoms with van der Waals surface area (Å²) in [5.74, 6) is 2.53. The maximum absolute atomic E-state index is 10.0. The Bertz CT molecular complexity index is 1950. The number of phenols is 3. The molecule has 0 aliphatic carbocycles. The van der Waals surface area contributed by atoms with Crippen molar-refractivity contribution in [2.75, 3.05) is 19.8 Å². The fraction of sp³-hybridized carbons (Fsp3) is 0.133. The molecule has 0 heterocycles. The standard InChI is InChI=1S/C45H41N3O6/c1-2-45(30-52-39-21-15-36(16-22-39)46-27-33-9-3-6-12-42(33)49,31-53-40-23-17-37(18-24-40)47-28-34-10-4-7-13-43(34)50)32-54-41-25-19-38(20-26-41)48-29-35-11-5-8-14-44(35)51/h3-29,49-51H,2,30-32H2,1H3. The van der Waals surface area contributed by atoms with E-state index in [0.717, 1.165) is 17.1 Å². The van der Waals surface area contributed by atoms with Gasteiger partial charge in [0.2, 0.25) is 0 Å². The highest BCUT2D eigenvalue weighted by atomic mass is 16.5. The minimum atomic E-state index is -0.537. The zero-order chi connectivity index (χ0) is 37.6. The zero-order valence-corrected chi connectivity index (χ0v) is 29.8. The van der Waals surface area contributed by atoms with Crippen molar-refractivity contribution >= 4 is 35.7 Å². The van der Waals surface area contributed by atoms with Crippen LogP contribution < -0.4 is 14.2 Å². The number of aliphatic imine (C=N–C) groups is 3. The summed E-state index contributed by atoms with van der Waals surface area (Å²) < 4.78 is 19.1. The van der Waals surface area contributed by atoms with E-state index in [0.29, 0.717) is 60.2 Å². The molecule has 0 radical (unpaired) electrons. The summed E-state index contributed by atoms with van der Waals surface area (Å²) in [7, 11) is 0. The van der Waals surface area contributed by atoms with Gasteiger partial charge in [-0.05, 0) is 116 Å². The minimum absolute atomic E-state index is 0.170. The van der Waals surface area contributed by atoms with Crippen molar-refractivity contribution < 1.29 is 29.5 Å². The first-order valence-electron chi connectivity index (χ1n) is 17.5. The van der Waals surface area contributed by atoms with Gasteiger partial charge in [0, 0.05) is 35.3 Å². The molecule has 0 unspecified atom stereocenters. The fourth-order valence-electron chi connectivity index (χ4n) is 5.25. The molecular formula is C45H41N3O6. The van der Waals surface area contributed by atoms with Gasteiger partial charge in [-0.2, -0.15) is 0 Å². The molecule has 0 aliphatic rings. The van der Waals surface area contributed by atoms with Gasteiger partial charge in [0.15, 0.2) is 0 Å². The van der Waals surface area contributed by atoms with E-state index in [4.69, 9.17) is 14.2 Å². The summed E-state index contributed by atoms with van der Waals surface area (Å²) in [5, 5.41) is 30.1. The Morgan fingerprint density at radius 3 is 0.963 bits per heavy atom. The van der Waals surface area contributed by atoms with Gasteiger partial charge in [0.1, 0.15) is 54.3 Å². The third-order valence-corrected chi connectivity index (χ3v) is 8.76. The van der Waals surface area contributed by atoms with Crippen LogP contribution in [0, 0.1) is 5.41 Å². The van der Waals surface area contributed by atoms with Gasteiger partial charge in [-0.1, -0.05) is 43.3 Å². The lowest BCUT2D eigenvalue weighted by Crippen LogP contribution is -2.40. The molecule has 54 heavy (non-hydrogen) atoms. The topological polar surface area (TPSA) is 125 Å². The molecule has 272 valence electrons. The number of rotatable bonds is 16. The van der Waals surface area contributed by atoms with E-state index >= 15 is 0 Å². The molecule has 0 aliphatic heterocycles. The van der Waals surface area contributed by atoms with Crippen LogP contribution >= 0.6 is 0 Å². The molecule has 9 nitrogen and oxygen atoms in total. The van der Waals surface area contributed by atoms with Gasteiger partial charge in [-0.3, -0.25) is 15.0 Å². The van der Waals surface area contributed by atoms with E-state index in [1.54, 1.807) is 73.2 Å². The third kappa shape index (κ3) is 10.4. The normalized spacial score (nSPS) is 12.6. The van der Waals surface area contributed by atoms with Crippen LogP contribution in [0.15, 0.2) is 161 Å². The number of nitrogens with zero attached hydrogens (tertiary/aromatic N) is 3. The predicted octanol–water partition coefficient (Wildman–Crippen LogP) is 9.99. The number of ether oxygens (including phenoxy) is 3. The Balaban J connectivity index is 1.13. The molecule has 0 amide bonds. The summed E-state index contributed by atoms with van der Waals surface area (Å²) in [5.41, 5.74) is 3.54.